The summed E-state index contributed by atoms with van der Waals surface area (Å²) in [6.07, 6.45) is 0. The van der Waals surface area contributed by atoms with Crippen molar-refractivity contribution in [2.75, 3.05) is 0 Å². The molecule has 0 atom stereocenters. The van der Waals surface area contributed by atoms with Gasteiger partial charge >= 0.3 is 0 Å². The van der Waals surface area contributed by atoms with Gasteiger partial charge in [0.15, 0.2) is 0 Å². The van der Waals surface area contributed by atoms with Crippen LogP contribution in [0.1, 0.15) is 31.9 Å². The number of hydrogen-bond acceptors (Lipinski definition) is 1. The summed E-state index contributed by atoms with van der Waals surface area (Å²) in [6, 6.07) is 6.32. The van der Waals surface area contributed by atoms with Crippen LogP contribution in [0.25, 0.3) is 0 Å². The van der Waals surface area contributed by atoms with Crippen LogP contribution in [0, 0.1) is 6.92 Å². The van der Waals surface area contributed by atoms with Crippen LogP contribution in [0.3, 0.4) is 0 Å². The molecule has 0 saturated heterocycles. The van der Waals surface area contributed by atoms with E-state index in [4.69, 9.17) is 12.6 Å². The number of rotatable bonds is 0. The summed E-state index contributed by atoms with van der Waals surface area (Å²) in [5, 5.41) is 0. The van der Waals surface area contributed by atoms with Crippen molar-refractivity contribution in [3.05, 3.63) is 29.3 Å². The molecule has 12 heavy (non-hydrogen) atoms. The van der Waals surface area contributed by atoms with Gasteiger partial charge in [0.2, 0.25) is 0 Å². The minimum Gasteiger partial charge on any atom is -0.779 e. The van der Waals surface area contributed by atoms with Crippen molar-refractivity contribution in [1.29, 1.82) is 0 Å². The molecular weight excluding hydrogens is 164 g/mol. The summed E-state index contributed by atoms with van der Waals surface area (Å²) in [7, 11) is 0. The highest BCUT2D eigenvalue weighted by molar-refractivity contribution is 7.58. The van der Waals surface area contributed by atoms with Gasteiger partial charge in [0.05, 0.1) is 0 Å². The maximum atomic E-state index is 5.14. The summed E-state index contributed by atoms with van der Waals surface area (Å²) in [5.41, 5.74) is 2.79. The van der Waals surface area contributed by atoms with Crippen molar-refractivity contribution in [2.24, 2.45) is 0 Å². The molecule has 0 aliphatic rings. The van der Waals surface area contributed by atoms with E-state index in [1.54, 1.807) is 0 Å². The zero-order chi connectivity index (χ0) is 9.35. The summed E-state index contributed by atoms with van der Waals surface area (Å²) in [5.74, 6) is 0. The first kappa shape index (κ1) is 9.53. The summed E-state index contributed by atoms with van der Waals surface area (Å²) < 4.78 is 0. The van der Waals surface area contributed by atoms with Gasteiger partial charge in [-0.15, -0.1) is 0 Å². The lowest BCUT2D eigenvalue weighted by Crippen LogP contribution is -2.11. The maximum Gasteiger partial charge on any atom is -0.0132 e. The molecule has 0 amide bonds. The quantitative estimate of drug-likeness (QED) is 0.551. The average Bonchev–Trinajstić information content (AvgIpc) is 1.92. The standard InChI is InChI=1S/C11H16S/c1-8-7-9(11(2,3)4)5-6-10(8)12/h5-7,12H,1-4H3/p-1. The third kappa shape index (κ3) is 1.98. The third-order valence-corrected chi connectivity index (χ3v) is 2.50. The second-order valence-electron chi connectivity index (χ2n) is 4.23. The van der Waals surface area contributed by atoms with E-state index >= 15 is 0 Å². The summed E-state index contributed by atoms with van der Waals surface area (Å²) in [6.45, 7) is 8.71. The minimum atomic E-state index is 0.230. The molecule has 1 aromatic rings. The highest BCUT2D eigenvalue weighted by Gasteiger charge is 2.12. The van der Waals surface area contributed by atoms with E-state index in [2.05, 4.69) is 39.8 Å². The van der Waals surface area contributed by atoms with E-state index in [0.29, 0.717) is 0 Å². The van der Waals surface area contributed by atoms with E-state index in [9.17, 15) is 0 Å². The van der Waals surface area contributed by atoms with Crippen LogP contribution >= 0.6 is 0 Å². The van der Waals surface area contributed by atoms with Gasteiger partial charge in [-0.1, -0.05) is 44.5 Å². The van der Waals surface area contributed by atoms with Crippen molar-refractivity contribution in [2.45, 2.75) is 38.0 Å². The Labute approximate surface area is 80.4 Å². The van der Waals surface area contributed by atoms with Crippen LogP contribution in [-0.2, 0) is 18.0 Å². The van der Waals surface area contributed by atoms with Gasteiger partial charge in [0, 0.05) is 0 Å². The molecule has 0 spiro atoms. The molecule has 0 aliphatic heterocycles. The zero-order valence-electron chi connectivity index (χ0n) is 8.14. The fourth-order valence-corrected chi connectivity index (χ4v) is 1.24. The molecule has 66 valence electrons. The maximum absolute atomic E-state index is 5.14. The summed E-state index contributed by atoms with van der Waals surface area (Å²) >= 11 is 5.14. The van der Waals surface area contributed by atoms with Crippen molar-refractivity contribution >= 4 is 12.6 Å². The van der Waals surface area contributed by atoms with E-state index in [0.717, 1.165) is 4.90 Å². The van der Waals surface area contributed by atoms with Crippen LogP contribution < -0.4 is 0 Å². The SMILES string of the molecule is Cc1cc(C(C)(C)C)ccc1[S-]. The van der Waals surface area contributed by atoms with E-state index < -0.39 is 0 Å². The molecule has 0 aliphatic carbocycles. The molecule has 1 heteroatoms. The molecule has 0 aromatic heterocycles. The van der Waals surface area contributed by atoms with Gasteiger partial charge in [-0.05, 0) is 17.9 Å². The van der Waals surface area contributed by atoms with Gasteiger partial charge < -0.3 is 12.6 Å². The smallest absolute Gasteiger partial charge is 0.0132 e. The second kappa shape index (κ2) is 3.06. The van der Waals surface area contributed by atoms with Gasteiger partial charge in [0.25, 0.3) is 0 Å². The van der Waals surface area contributed by atoms with Gasteiger partial charge in [-0.25, -0.2) is 0 Å². The highest BCUT2D eigenvalue weighted by atomic mass is 32.1. The second-order valence-corrected chi connectivity index (χ2v) is 4.67. The highest BCUT2D eigenvalue weighted by Crippen LogP contribution is 2.23. The van der Waals surface area contributed by atoms with Crippen LogP contribution in [0.5, 0.6) is 0 Å². The fraction of sp³-hybridized carbons (Fsp3) is 0.455. The molecule has 0 radical (unpaired) electrons. The Morgan fingerprint density at radius 3 is 2.17 bits per heavy atom. The first-order valence-corrected chi connectivity index (χ1v) is 4.60. The molecule has 0 N–H and O–H groups in total. The largest absolute Gasteiger partial charge is 0.779 e. The Morgan fingerprint density at radius 2 is 1.75 bits per heavy atom. The molecule has 0 bridgehead atoms. The zero-order valence-corrected chi connectivity index (χ0v) is 8.96. The molecule has 1 rings (SSSR count). The fourth-order valence-electron chi connectivity index (χ4n) is 1.12. The Bertz CT molecular complexity index is 282. The predicted molar refractivity (Wildman–Crippen MR) is 55.5 cm³/mol. The molecule has 0 saturated carbocycles. The Hall–Kier alpha value is -0.560. The Morgan fingerprint density at radius 1 is 1.17 bits per heavy atom. The number of hydrogen-bond donors (Lipinski definition) is 0. The minimum absolute atomic E-state index is 0.230. The lowest BCUT2D eigenvalue weighted by Gasteiger charge is -2.21. The molecule has 0 nitrogen and oxygen atoms in total. The van der Waals surface area contributed by atoms with Crippen molar-refractivity contribution in [1.82, 2.24) is 0 Å². The molecule has 1 aromatic carbocycles. The van der Waals surface area contributed by atoms with E-state index in [1.165, 1.54) is 11.1 Å². The lowest BCUT2D eigenvalue weighted by molar-refractivity contribution is 0.589. The van der Waals surface area contributed by atoms with Crippen LogP contribution in [0.15, 0.2) is 23.1 Å². The van der Waals surface area contributed by atoms with Crippen LogP contribution in [0.2, 0.25) is 0 Å². The molecular formula is C11H15S-. The monoisotopic (exact) mass is 179 g/mol. The van der Waals surface area contributed by atoms with Gasteiger partial charge in [-0.3, -0.25) is 0 Å². The average molecular weight is 179 g/mol. The van der Waals surface area contributed by atoms with Gasteiger partial charge in [0.1, 0.15) is 0 Å². The van der Waals surface area contributed by atoms with E-state index in [1.807, 2.05) is 6.07 Å². The van der Waals surface area contributed by atoms with Crippen molar-refractivity contribution < 1.29 is 0 Å². The third-order valence-electron chi connectivity index (χ3n) is 2.04. The number of aryl methyl sites for hydroxylation is 1. The lowest BCUT2D eigenvalue weighted by atomic mass is 9.86. The topological polar surface area (TPSA) is 0 Å². The normalized spacial score (nSPS) is 11.7. The van der Waals surface area contributed by atoms with Crippen molar-refractivity contribution in [3.8, 4) is 0 Å². The van der Waals surface area contributed by atoms with Crippen LogP contribution in [-0.4, -0.2) is 0 Å². The Balaban J connectivity index is 3.14. The first-order chi connectivity index (χ1) is 5.41. The predicted octanol–water partition coefficient (Wildman–Crippen LogP) is 3.20. The van der Waals surface area contributed by atoms with Crippen molar-refractivity contribution in [3.63, 3.8) is 0 Å². The molecule has 0 heterocycles. The molecule has 0 unspecified atom stereocenters. The van der Waals surface area contributed by atoms with Gasteiger partial charge in [-0.2, -0.15) is 4.90 Å². The first-order valence-electron chi connectivity index (χ1n) is 4.19. The Kier molecular flexibility index (Phi) is 2.43. The molecule has 0 fully saturated rings. The van der Waals surface area contributed by atoms with Crippen LogP contribution in [0.4, 0.5) is 0 Å². The summed E-state index contributed by atoms with van der Waals surface area (Å²) in [4.78, 5) is 0.961. The van der Waals surface area contributed by atoms with E-state index in [-0.39, 0.29) is 5.41 Å². The number of benzene rings is 1.